The summed E-state index contributed by atoms with van der Waals surface area (Å²) in [5.41, 5.74) is 6.50. The molecule has 1 aromatic carbocycles. The number of anilines is 1. The van der Waals surface area contributed by atoms with Gasteiger partial charge in [0.05, 0.1) is 31.9 Å². The van der Waals surface area contributed by atoms with Gasteiger partial charge in [0.25, 0.3) is 11.5 Å². The Balaban J connectivity index is 1.42. The van der Waals surface area contributed by atoms with Crippen molar-refractivity contribution in [3.05, 3.63) is 73.8 Å². The van der Waals surface area contributed by atoms with E-state index in [0.717, 1.165) is 30.2 Å². The van der Waals surface area contributed by atoms with Crippen molar-refractivity contribution in [1.29, 1.82) is 0 Å². The van der Waals surface area contributed by atoms with Gasteiger partial charge in [0, 0.05) is 61.1 Å². The highest BCUT2D eigenvalue weighted by Crippen LogP contribution is 2.25. The summed E-state index contributed by atoms with van der Waals surface area (Å²) in [4.78, 5) is 40.4. The van der Waals surface area contributed by atoms with E-state index in [-0.39, 0.29) is 36.9 Å². The van der Waals surface area contributed by atoms with Crippen LogP contribution in [0.1, 0.15) is 34.9 Å². The van der Waals surface area contributed by atoms with E-state index in [1.54, 1.807) is 37.4 Å². The maximum absolute atomic E-state index is 13.4. The smallest absolute Gasteiger partial charge is 0.272 e. The van der Waals surface area contributed by atoms with Gasteiger partial charge in [0.15, 0.2) is 6.61 Å². The Labute approximate surface area is 249 Å². The van der Waals surface area contributed by atoms with Gasteiger partial charge in [-0.25, -0.2) is 4.68 Å². The first kappa shape index (κ1) is 30.9. The Kier molecular flexibility index (Phi) is 10.5. The van der Waals surface area contributed by atoms with Crippen molar-refractivity contribution in [3.63, 3.8) is 0 Å². The van der Waals surface area contributed by atoms with Crippen LogP contribution in [-0.2, 0) is 40.9 Å². The van der Waals surface area contributed by atoms with Crippen molar-refractivity contribution in [2.75, 3.05) is 49.8 Å². The number of nitrogens with one attached hydrogen (secondary N) is 3. The van der Waals surface area contributed by atoms with Gasteiger partial charge in [-0.15, -0.1) is 0 Å². The van der Waals surface area contributed by atoms with Gasteiger partial charge in [-0.3, -0.25) is 19.1 Å². The molecule has 3 N–H and O–H groups in total. The fraction of sp³-hybridized carbons (Fsp3) is 0.448. The molecule has 1 saturated heterocycles. The van der Waals surface area contributed by atoms with Crippen LogP contribution in [0.25, 0.3) is 0 Å². The number of morpholine rings is 1. The number of aromatic nitrogens is 3. The molecular formula is C29H38ClN7O5. The first-order valence-corrected chi connectivity index (χ1v) is 14.3. The van der Waals surface area contributed by atoms with E-state index in [9.17, 15) is 14.4 Å². The van der Waals surface area contributed by atoms with E-state index in [4.69, 9.17) is 21.1 Å². The fourth-order valence-corrected chi connectivity index (χ4v) is 5.07. The number of nitrogens with zero attached hydrogens (tertiary/aromatic N) is 4. The zero-order valence-electron chi connectivity index (χ0n) is 24.5. The van der Waals surface area contributed by atoms with Crippen LogP contribution < -0.4 is 31.3 Å². The molecule has 0 saturated carbocycles. The fourth-order valence-electron chi connectivity index (χ4n) is 4.88. The van der Waals surface area contributed by atoms with Crippen LogP contribution >= 0.6 is 11.6 Å². The van der Waals surface area contributed by atoms with Crippen molar-refractivity contribution < 1.29 is 19.1 Å². The molecule has 3 heterocycles. The standard InChI is InChI=1S/C29H38ClN7O5/c1-5-31-27(39)18-42-25-7-6-22(30)14-21(25)16-32-26(38)15-23-19(2)8-9-37(29(23)40)33-17-24-20(3)34-35(4)28(24)36-10-12-41-13-11-36/h6-9,14,33H,5,10-13,15-18H2,1-4H3,(H,31,39)(H,32,38). The largest absolute Gasteiger partial charge is 0.483 e. The van der Waals surface area contributed by atoms with E-state index < -0.39 is 0 Å². The lowest BCUT2D eigenvalue weighted by molar-refractivity contribution is -0.123. The van der Waals surface area contributed by atoms with Gasteiger partial charge in [0.2, 0.25) is 5.91 Å². The van der Waals surface area contributed by atoms with Crippen molar-refractivity contribution in [1.82, 2.24) is 25.1 Å². The quantitative estimate of drug-likeness (QED) is 0.287. The van der Waals surface area contributed by atoms with Gasteiger partial charge < -0.3 is 30.4 Å². The summed E-state index contributed by atoms with van der Waals surface area (Å²) in [5, 5.41) is 10.6. The van der Waals surface area contributed by atoms with E-state index >= 15 is 0 Å². The molecule has 0 unspecified atom stereocenters. The molecule has 42 heavy (non-hydrogen) atoms. The topological polar surface area (TPSA) is 132 Å². The molecular weight excluding hydrogens is 562 g/mol. The summed E-state index contributed by atoms with van der Waals surface area (Å²) >= 11 is 6.16. The van der Waals surface area contributed by atoms with Gasteiger partial charge >= 0.3 is 0 Å². The lowest BCUT2D eigenvalue weighted by Crippen LogP contribution is -2.38. The summed E-state index contributed by atoms with van der Waals surface area (Å²) in [6, 6.07) is 6.79. The molecule has 1 fully saturated rings. The van der Waals surface area contributed by atoms with E-state index in [2.05, 4.69) is 26.1 Å². The average Bonchev–Trinajstić information content (AvgIpc) is 3.26. The monoisotopic (exact) mass is 599 g/mol. The van der Waals surface area contributed by atoms with Crippen molar-refractivity contribution in [3.8, 4) is 5.75 Å². The number of hydrogen-bond acceptors (Lipinski definition) is 8. The Morgan fingerprint density at radius 3 is 2.57 bits per heavy atom. The number of pyridine rings is 1. The van der Waals surface area contributed by atoms with E-state index in [1.807, 2.05) is 25.6 Å². The number of ether oxygens (including phenoxy) is 2. The summed E-state index contributed by atoms with van der Waals surface area (Å²) < 4.78 is 14.4. The second-order valence-electron chi connectivity index (χ2n) is 10.0. The average molecular weight is 600 g/mol. The summed E-state index contributed by atoms with van der Waals surface area (Å²) in [7, 11) is 1.91. The Morgan fingerprint density at radius 1 is 1.07 bits per heavy atom. The second-order valence-corrected chi connectivity index (χ2v) is 10.5. The van der Waals surface area contributed by atoms with Crippen LogP contribution in [0.15, 0.2) is 35.3 Å². The number of aryl methyl sites for hydroxylation is 3. The minimum Gasteiger partial charge on any atom is -0.483 e. The SMILES string of the molecule is CCNC(=O)COc1ccc(Cl)cc1CNC(=O)Cc1c(C)ccn(NCc2c(C)nn(C)c2N2CCOCC2)c1=O. The summed E-state index contributed by atoms with van der Waals surface area (Å²) in [6.45, 7) is 9.28. The Hall–Kier alpha value is -4.03. The molecule has 226 valence electrons. The Morgan fingerprint density at radius 2 is 1.83 bits per heavy atom. The molecule has 0 bridgehead atoms. The Bertz CT molecular complexity index is 1480. The molecule has 2 aromatic heterocycles. The number of halogens is 1. The van der Waals surface area contributed by atoms with Crippen LogP contribution in [0.2, 0.25) is 5.02 Å². The molecule has 1 aliphatic rings. The summed E-state index contributed by atoms with van der Waals surface area (Å²) in [6.07, 6.45) is 1.57. The van der Waals surface area contributed by atoms with Crippen LogP contribution in [-0.4, -0.2) is 65.7 Å². The van der Waals surface area contributed by atoms with Crippen molar-refractivity contribution in [2.45, 2.75) is 40.3 Å². The molecule has 2 amide bonds. The zero-order chi connectivity index (χ0) is 30.2. The minimum absolute atomic E-state index is 0.103. The molecule has 0 aliphatic carbocycles. The van der Waals surface area contributed by atoms with Gasteiger partial charge in [-0.05, 0) is 50.6 Å². The lowest BCUT2D eigenvalue weighted by Gasteiger charge is -2.29. The van der Waals surface area contributed by atoms with Gasteiger partial charge in [0.1, 0.15) is 11.6 Å². The number of carbonyl (C=O) groups is 2. The minimum atomic E-state index is -0.333. The molecule has 0 radical (unpaired) electrons. The molecule has 12 nitrogen and oxygen atoms in total. The van der Waals surface area contributed by atoms with Crippen LogP contribution in [0.3, 0.4) is 0 Å². The summed E-state index contributed by atoms with van der Waals surface area (Å²) in [5.74, 6) is 0.858. The number of hydrogen-bond donors (Lipinski definition) is 3. The third kappa shape index (κ3) is 7.62. The van der Waals surface area contributed by atoms with Gasteiger partial charge in [-0.1, -0.05) is 11.6 Å². The highest BCUT2D eigenvalue weighted by molar-refractivity contribution is 6.30. The molecule has 4 rings (SSSR count). The predicted molar refractivity (Wildman–Crippen MR) is 161 cm³/mol. The first-order valence-electron chi connectivity index (χ1n) is 13.9. The third-order valence-corrected chi connectivity index (χ3v) is 7.28. The highest BCUT2D eigenvalue weighted by Gasteiger charge is 2.22. The number of amides is 2. The second kappa shape index (κ2) is 14.2. The van der Waals surface area contributed by atoms with Crippen LogP contribution in [0.4, 0.5) is 5.82 Å². The zero-order valence-corrected chi connectivity index (χ0v) is 25.2. The lowest BCUT2D eigenvalue weighted by atomic mass is 10.1. The molecule has 0 spiro atoms. The number of carbonyl (C=O) groups excluding carboxylic acids is 2. The molecule has 1 aliphatic heterocycles. The maximum Gasteiger partial charge on any atom is 0.272 e. The van der Waals surface area contributed by atoms with E-state index in [1.165, 1.54) is 4.68 Å². The number of rotatable bonds is 12. The third-order valence-electron chi connectivity index (χ3n) is 7.05. The first-order chi connectivity index (χ1) is 20.2. The number of benzene rings is 1. The van der Waals surface area contributed by atoms with Gasteiger partial charge in [-0.2, -0.15) is 5.10 Å². The molecule has 13 heteroatoms. The highest BCUT2D eigenvalue weighted by atomic mass is 35.5. The predicted octanol–water partition coefficient (Wildman–Crippen LogP) is 1.81. The number of likely N-dealkylation sites (N-methyl/N-ethyl adjacent to an activating group) is 1. The molecule has 3 aromatic rings. The normalized spacial score (nSPS) is 13.1. The van der Waals surface area contributed by atoms with Crippen molar-refractivity contribution >= 4 is 29.2 Å². The van der Waals surface area contributed by atoms with Crippen LogP contribution in [0.5, 0.6) is 5.75 Å². The maximum atomic E-state index is 13.4. The van der Waals surface area contributed by atoms with E-state index in [0.29, 0.717) is 53.8 Å². The van der Waals surface area contributed by atoms with Crippen molar-refractivity contribution in [2.24, 2.45) is 7.05 Å². The van der Waals surface area contributed by atoms with Crippen LogP contribution in [0, 0.1) is 13.8 Å². The molecule has 0 atom stereocenters.